The van der Waals surface area contributed by atoms with Crippen molar-refractivity contribution in [1.82, 2.24) is 9.78 Å². The highest BCUT2D eigenvalue weighted by Crippen LogP contribution is 2.14. The van der Waals surface area contributed by atoms with Crippen LogP contribution >= 0.6 is 0 Å². The van der Waals surface area contributed by atoms with Crippen molar-refractivity contribution in [2.75, 3.05) is 7.11 Å². The number of hydrogen-bond donors (Lipinski definition) is 0. The molecule has 0 aliphatic heterocycles. The third-order valence-electron chi connectivity index (χ3n) is 1.86. The summed E-state index contributed by atoms with van der Waals surface area (Å²) in [7, 11) is 3.18. The number of carbonyl (C=O) groups is 1. The third kappa shape index (κ3) is 1.47. The van der Waals surface area contributed by atoms with Gasteiger partial charge in [0.2, 0.25) is 0 Å². The topological polar surface area (TPSA) is 44.1 Å². The number of methoxy groups -OCH3 is 1. The molecule has 12 heavy (non-hydrogen) atoms. The van der Waals surface area contributed by atoms with Gasteiger partial charge >= 0.3 is 5.97 Å². The van der Waals surface area contributed by atoms with E-state index in [-0.39, 0.29) is 11.9 Å². The second-order valence-corrected chi connectivity index (χ2v) is 2.62. The first-order chi connectivity index (χ1) is 5.66. The molecule has 4 heteroatoms. The molecule has 1 atom stereocenters. The average Bonchev–Trinajstić information content (AvgIpc) is 2.48. The van der Waals surface area contributed by atoms with Crippen molar-refractivity contribution in [3.8, 4) is 0 Å². The molecule has 0 bridgehead atoms. The smallest absolute Gasteiger partial charge is 0.314 e. The van der Waals surface area contributed by atoms with E-state index in [0.717, 1.165) is 5.69 Å². The number of esters is 1. The van der Waals surface area contributed by atoms with E-state index in [9.17, 15) is 4.79 Å². The Morgan fingerprint density at radius 1 is 1.75 bits per heavy atom. The fraction of sp³-hybridized carbons (Fsp3) is 0.500. The van der Waals surface area contributed by atoms with Crippen LogP contribution in [0.5, 0.6) is 0 Å². The van der Waals surface area contributed by atoms with Crippen LogP contribution in [0.25, 0.3) is 0 Å². The second-order valence-electron chi connectivity index (χ2n) is 2.62. The molecule has 0 fully saturated rings. The van der Waals surface area contributed by atoms with E-state index < -0.39 is 0 Å². The van der Waals surface area contributed by atoms with Gasteiger partial charge in [-0.15, -0.1) is 0 Å². The number of hydrogen-bond acceptors (Lipinski definition) is 3. The zero-order valence-electron chi connectivity index (χ0n) is 7.44. The van der Waals surface area contributed by atoms with Crippen LogP contribution in [0, 0.1) is 0 Å². The predicted octanol–water partition coefficient (Wildman–Crippen LogP) is 0.697. The van der Waals surface area contributed by atoms with Crippen LogP contribution in [0.3, 0.4) is 0 Å². The lowest BCUT2D eigenvalue weighted by Crippen LogP contribution is -2.14. The fourth-order valence-corrected chi connectivity index (χ4v) is 1.11. The molecule has 0 N–H and O–H groups in total. The van der Waals surface area contributed by atoms with E-state index in [1.165, 1.54) is 7.11 Å². The van der Waals surface area contributed by atoms with Gasteiger partial charge in [0.15, 0.2) is 0 Å². The lowest BCUT2D eigenvalue weighted by atomic mass is 10.1. The minimum atomic E-state index is -0.248. The largest absolute Gasteiger partial charge is 0.469 e. The quantitative estimate of drug-likeness (QED) is 0.610. The number of carbonyl (C=O) groups excluding carboxylic acids is 1. The summed E-state index contributed by atoms with van der Waals surface area (Å²) in [6.07, 6.45) is 1.66. The van der Waals surface area contributed by atoms with Crippen LogP contribution < -0.4 is 0 Å². The van der Waals surface area contributed by atoms with Gasteiger partial charge in [-0.1, -0.05) is 0 Å². The van der Waals surface area contributed by atoms with Crippen LogP contribution in [-0.4, -0.2) is 22.9 Å². The summed E-state index contributed by atoms with van der Waals surface area (Å²) < 4.78 is 6.28. The van der Waals surface area contributed by atoms with Gasteiger partial charge in [-0.3, -0.25) is 9.48 Å². The Labute approximate surface area is 71.1 Å². The van der Waals surface area contributed by atoms with Gasteiger partial charge in [0.25, 0.3) is 0 Å². The van der Waals surface area contributed by atoms with Gasteiger partial charge in [-0.25, -0.2) is 0 Å². The maximum Gasteiger partial charge on any atom is 0.314 e. The highest BCUT2D eigenvalue weighted by Gasteiger charge is 2.17. The number of aromatic nitrogens is 2. The first-order valence-electron chi connectivity index (χ1n) is 3.72. The molecule has 1 unspecified atom stereocenters. The van der Waals surface area contributed by atoms with Crippen LogP contribution in [0.2, 0.25) is 0 Å². The Morgan fingerprint density at radius 2 is 2.42 bits per heavy atom. The van der Waals surface area contributed by atoms with E-state index in [4.69, 9.17) is 0 Å². The molecule has 0 radical (unpaired) electrons. The molecule has 1 rings (SSSR count). The van der Waals surface area contributed by atoms with Crippen molar-refractivity contribution in [2.24, 2.45) is 7.05 Å². The number of nitrogens with zero attached hydrogens (tertiary/aromatic N) is 2. The Hall–Kier alpha value is -1.32. The van der Waals surface area contributed by atoms with Gasteiger partial charge in [-0.2, -0.15) is 5.10 Å². The molecule has 0 spiro atoms. The zero-order valence-corrected chi connectivity index (χ0v) is 7.44. The highest BCUT2D eigenvalue weighted by molar-refractivity contribution is 5.76. The summed E-state index contributed by atoms with van der Waals surface area (Å²) in [5, 5.41) is 3.96. The van der Waals surface area contributed by atoms with Crippen molar-refractivity contribution in [3.05, 3.63) is 18.0 Å². The van der Waals surface area contributed by atoms with Gasteiger partial charge in [0.1, 0.15) is 0 Å². The number of aryl methyl sites for hydroxylation is 1. The molecule has 1 heterocycles. The number of ether oxygens (including phenoxy) is 1. The lowest BCUT2D eigenvalue weighted by Gasteiger charge is -2.08. The molecule has 0 aliphatic rings. The van der Waals surface area contributed by atoms with Crippen molar-refractivity contribution < 1.29 is 9.53 Å². The molecule has 0 saturated heterocycles. The van der Waals surface area contributed by atoms with Crippen LogP contribution in [-0.2, 0) is 16.6 Å². The van der Waals surface area contributed by atoms with Gasteiger partial charge in [-0.05, 0) is 13.0 Å². The summed E-state index contributed by atoms with van der Waals surface area (Å²) in [5.74, 6) is -0.485. The molecule has 1 aromatic heterocycles. The molecule has 66 valence electrons. The van der Waals surface area contributed by atoms with Crippen molar-refractivity contribution in [1.29, 1.82) is 0 Å². The van der Waals surface area contributed by atoms with Crippen molar-refractivity contribution in [2.45, 2.75) is 12.8 Å². The fourth-order valence-electron chi connectivity index (χ4n) is 1.11. The van der Waals surface area contributed by atoms with Gasteiger partial charge < -0.3 is 4.74 Å². The molecule has 0 saturated carbocycles. The van der Waals surface area contributed by atoms with Gasteiger partial charge in [0.05, 0.1) is 18.7 Å². The molecule has 1 aromatic rings. The Balaban J connectivity index is 2.84. The maximum absolute atomic E-state index is 11.1. The van der Waals surface area contributed by atoms with Crippen molar-refractivity contribution >= 4 is 5.97 Å². The monoisotopic (exact) mass is 168 g/mol. The second kappa shape index (κ2) is 3.38. The maximum atomic E-state index is 11.1. The molecular formula is C8H12N2O2. The van der Waals surface area contributed by atoms with Crippen LogP contribution in [0.15, 0.2) is 12.3 Å². The minimum absolute atomic E-state index is 0.237. The van der Waals surface area contributed by atoms with E-state index in [1.54, 1.807) is 24.9 Å². The molecule has 0 aliphatic carbocycles. The highest BCUT2D eigenvalue weighted by atomic mass is 16.5. The SMILES string of the molecule is COC(=O)C(C)c1ccnn1C. The van der Waals surface area contributed by atoms with Crippen molar-refractivity contribution in [3.63, 3.8) is 0 Å². The Bertz CT molecular complexity index is 280. The summed E-state index contributed by atoms with van der Waals surface area (Å²) in [6, 6.07) is 1.81. The molecular weight excluding hydrogens is 156 g/mol. The Morgan fingerprint density at radius 3 is 2.83 bits per heavy atom. The van der Waals surface area contributed by atoms with E-state index in [0.29, 0.717) is 0 Å². The summed E-state index contributed by atoms with van der Waals surface area (Å²) >= 11 is 0. The van der Waals surface area contributed by atoms with Crippen LogP contribution in [0.1, 0.15) is 18.5 Å². The minimum Gasteiger partial charge on any atom is -0.469 e. The lowest BCUT2D eigenvalue weighted by molar-refractivity contribution is -0.142. The van der Waals surface area contributed by atoms with Crippen LogP contribution in [0.4, 0.5) is 0 Å². The molecule has 0 amide bonds. The summed E-state index contributed by atoms with van der Waals surface area (Å²) in [5.41, 5.74) is 0.863. The first kappa shape index (κ1) is 8.77. The van der Waals surface area contributed by atoms with E-state index in [2.05, 4.69) is 9.84 Å². The standard InChI is InChI=1S/C8H12N2O2/c1-6(8(11)12-3)7-4-5-9-10(7)2/h4-6H,1-3H3. The summed E-state index contributed by atoms with van der Waals surface area (Å²) in [6.45, 7) is 1.79. The summed E-state index contributed by atoms with van der Waals surface area (Å²) in [4.78, 5) is 11.1. The Kier molecular flexibility index (Phi) is 2.47. The average molecular weight is 168 g/mol. The van der Waals surface area contributed by atoms with E-state index in [1.807, 2.05) is 6.07 Å². The molecule has 4 nitrogen and oxygen atoms in total. The molecule has 0 aromatic carbocycles. The van der Waals surface area contributed by atoms with E-state index >= 15 is 0 Å². The first-order valence-corrected chi connectivity index (χ1v) is 3.72. The number of rotatable bonds is 2. The van der Waals surface area contributed by atoms with Gasteiger partial charge in [0, 0.05) is 13.2 Å². The predicted molar refractivity (Wildman–Crippen MR) is 43.6 cm³/mol. The zero-order chi connectivity index (χ0) is 9.14. The normalized spacial score (nSPS) is 12.6. The third-order valence-corrected chi connectivity index (χ3v) is 1.86.